The molecule has 0 spiro atoms. The number of rotatable bonds is 5. The number of amides is 1. The standard InChI is InChI=1S/C16H15ClFNO2/c1-21-15(11-4-3-7-14(18)9-11)10-19-16(20)12-5-2-6-13(17)8-12/h2-9,15H,10H2,1H3,(H,19,20)/t15-/m1/s1. The quantitative estimate of drug-likeness (QED) is 0.916. The predicted octanol–water partition coefficient (Wildman–Crippen LogP) is 3.60. The fourth-order valence-corrected chi connectivity index (χ4v) is 2.15. The van der Waals surface area contributed by atoms with Gasteiger partial charge in [0, 0.05) is 24.2 Å². The highest BCUT2D eigenvalue weighted by Crippen LogP contribution is 2.17. The maximum absolute atomic E-state index is 13.2. The zero-order chi connectivity index (χ0) is 15.2. The average Bonchev–Trinajstić information content (AvgIpc) is 2.48. The summed E-state index contributed by atoms with van der Waals surface area (Å²) in [6, 6.07) is 12.8. The van der Waals surface area contributed by atoms with Gasteiger partial charge >= 0.3 is 0 Å². The van der Waals surface area contributed by atoms with Crippen molar-refractivity contribution in [1.82, 2.24) is 5.32 Å². The summed E-state index contributed by atoms with van der Waals surface area (Å²) in [6.45, 7) is 0.241. The van der Waals surface area contributed by atoms with Crippen LogP contribution in [0.1, 0.15) is 22.0 Å². The molecule has 0 saturated carbocycles. The van der Waals surface area contributed by atoms with Crippen molar-refractivity contribution in [2.75, 3.05) is 13.7 Å². The van der Waals surface area contributed by atoms with Gasteiger partial charge in [0.1, 0.15) is 5.82 Å². The number of benzene rings is 2. The van der Waals surface area contributed by atoms with Crippen molar-refractivity contribution < 1.29 is 13.9 Å². The molecule has 0 heterocycles. The van der Waals surface area contributed by atoms with Crippen molar-refractivity contribution in [1.29, 1.82) is 0 Å². The average molecular weight is 308 g/mol. The van der Waals surface area contributed by atoms with Crippen LogP contribution in [0.15, 0.2) is 48.5 Å². The molecular formula is C16H15ClFNO2. The van der Waals surface area contributed by atoms with Crippen molar-refractivity contribution in [3.05, 3.63) is 70.5 Å². The lowest BCUT2D eigenvalue weighted by molar-refractivity contribution is 0.0827. The lowest BCUT2D eigenvalue weighted by Crippen LogP contribution is -2.29. The first kappa shape index (κ1) is 15.5. The fraction of sp³-hybridized carbons (Fsp3) is 0.188. The topological polar surface area (TPSA) is 38.3 Å². The van der Waals surface area contributed by atoms with Crippen LogP contribution in [-0.2, 0) is 4.74 Å². The number of nitrogens with one attached hydrogen (secondary N) is 1. The van der Waals surface area contributed by atoms with Gasteiger partial charge in [0.15, 0.2) is 0 Å². The molecule has 0 fully saturated rings. The number of hydrogen-bond donors (Lipinski definition) is 1. The highest BCUT2D eigenvalue weighted by Gasteiger charge is 2.13. The van der Waals surface area contributed by atoms with Crippen molar-refractivity contribution in [2.24, 2.45) is 0 Å². The van der Waals surface area contributed by atoms with Crippen molar-refractivity contribution in [3.8, 4) is 0 Å². The Hall–Kier alpha value is -1.91. The zero-order valence-corrected chi connectivity index (χ0v) is 12.2. The molecule has 110 valence electrons. The van der Waals surface area contributed by atoms with E-state index in [0.29, 0.717) is 16.1 Å². The second-order valence-electron chi connectivity index (χ2n) is 4.50. The highest BCUT2D eigenvalue weighted by atomic mass is 35.5. The summed E-state index contributed by atoms with van der Waals surface area (Å²) in [4.78, 5) is 12.0. The zero-order valence-electron chi connectivity index (χ0n) is 11.5. The Labute approximate surface area is 127 Å². The number of hydrogen-bond acceptors (Lipinski definition) is 2. The predicted molar refractivity (Wildman–Crippen MR) is 79.9 cm³/mol. The van der Waals surface area contributed by atoms with Gasteiger partial charge in [-0.1, -0.05) is 29.8 Å². The van der Waals surface area contributed by atoms with Crippen molar-refractivity contribution >= 4 is 17.5 Å². The van der Waals surface area contributed by atoms with Crippen LogP contribution in [0.4, 0.5) is 4.39 Å². The molecule has 21 heavy (non-hydrogen) atoms. The van der Waals surface area contributed by atoms with E-state index in [-0.39, 0.29) is 18.3 Å². The van der Waals surface area contributed by atoms with Crippen LogP contribution < -0.4 is 5.32 Å². The van der Waals surface area contributed by atoms with Gasteiger partial charge in [-0.15, -0.1) is 0 Å². The monoisotopic (exact) mass is 307 g/mol. The molecule has 1 atom stereocenters. The summed E-state index contributed by atoms with van der Waals surface area (Å²) >= 11 is 5.85. The minimum Gasteiger partial charge on any atom is -0.375 e. The third-order valence-electron chi connectivity index (χ3n) is 3.04. The Morgan fingerprint density at radius 3 is 2.71 bits per heavy atom. The summed E-state index contributed by atoms with van der Waals surface area (Å²) in [7, 11) is 1.51. The third kappa shape index (κ3) is 4.28. The molecular weight excluding hydrogens is 293 g/mol. The van der Waals surface area contributed by atoms with E-state index in [0.717, 1.165) is 0 Å². The van der Waals surface area contributed by atoms with E-state index in [4.69, 9.17) is 16.3 Å². The van der Waals surface area contributed by atoms with Gasteiger partial charge in [0.05, 0.1) is 6.10 Å². The summed E-state index contributed by atoms with van der Waals surface area (Å²) in [6.07, 6.45) is -0.413. The smallest absolute Gasteiger partial charge is 0.251 e. The Morgan fingerprint density at radius 2 is 2.05 bits per heavy atom. The van der Waals surface area contributed by atoms with E-state index in [9.17, 15) is 9.18 Å². The van der Waals surface area contributed by atoms with Crippen LogP contribution in [0.2, 0.25) is 5.02 Å². The molecule has 2 aromatic rings. The van der Waals surface area contributed by atoms with Gasteiger partial charge in [0.2, 0.25) is 0 Å². The summed E-state index contributed by atoms with van der Waals surface area (Å²) < 4.78 is 18.5. The van der Waals surface area contributed by atoms with Gasteiger partial charge in [-0.3, -0.25) is 4.79 Å². The molecule has 0 aromatic heterocycles. The molecule has 0 saturated heterocycles. The third-order valence-corrected chi connectivity index (χ3v) is 3.27. The van der Waals surface area contributed by atoms with Gasteiger partial charge in [-0.05, 0) is 35.9 Å². The molecule has 0 bridgehead atoms. The largest absolute Gasteiger partial charge is 0.375 e. The summed E-state index contributed by atoms with van der Waals surface area (Å²) in [5.41, 5.74) is 1.14. The molecule has 0 aliphatic heterocycles. The Balaban J connectivity index is 2.02. The van der Waals surface area contributed by atoms with E-state index in [1.807, 2.05) is 0 Å². The minimum absolute atomic E-state index is 0.241. The Bertz CT molecular complexity index is 633. The molecule has 2 aromatic carbocycles. The summed E-state index contributed by atoms with van der Waals surface area (Å²) in [5.74, 6) is -0.591. The van der Waals surface area contributed by atoms with E-state index < -0.39 is 6.10 Å². The van der Waals surface area contributed by atoms with Crippen LogP contribution in [0.25, 0.3) is 0 Å². The molecule has 0 unspecified atom stereocenters. The molecule has 1 N–H and O–H groups in total. The number of halogens is 2. The Morgan fingerprint density at radius 1 is 1.29 bits per heavy atom. The second-order valence-corrected chi connectivity index (χ2v) is 4.94. The number of ether oxygens (including phenoxy) is 1. The number of carbonyl (C=O) groups is 1. The fourth-order valence-electron chi connectivity index (χ4n) is 1.96. The SMILES string of the molecule is CO[C@H](CNC(=O)c1cccc(Cl)c1)c1cccc(F)c1. The van der Waals surface area contributed by atoms with Crippen LogP contribution in [0.5, 0.6) is 0 Å². The van der Waals surface area contributed by atoms with E-state index in [1.165, 1.54) is 19.2 Å². The number of methoxy groups -OCH3 is 1. The van der Waals surface area contributed by atoms with E-state index in [1.54, 1.807) is 36.4 Å². The molecule has 0 aliphatic rings. The van der Waals surface area contributed by atoms with Crippen LogP contribution >= 0.6 is 11.6 Å². The first-order chi connectivity index (χ1) is 10.1. The molecule has 5 heteroatoms. The minimum atomic E-state index is -0.413. The van der Waals surface area contributed by atoms with E-state index in [2.05, 4.69) is 5.32 Å². The van der Waals surface area contributed by atoms with Gasteiger partial charge in [0.25, 0.3) is 5.91 Å². The van der Waals surface area contributed by atoms with Gasteiger partial charge in [-0.25, -0.2) is 4.39 Å². The lowest BCUT2D eigenvalue weighted by Gasteiger charge is -2.16. The molecule has 0 radical (unpaired) electrons. The molecule has 0 aliphatic carbocycles. The van der Waals surface area contributed by atoms with Gasteiger partial charge in [-0.2, -0.15) is 0 Å². The normalized spacial score (nSPS) is 12.0. The molecule has 2 rings (SSSR count). The van der Waals surface area contributed by atoms with Crippen molar-refractivity contribution in [3.63, 3.8) is 0 Å². The maximum atomic E-state index is 13.2. The maximum Gasteiger partial charge on any atom is 0.251 e. The molecule has 1 amide bonds. The Kier molecular flexibility index (Phi) is 5.31. The first-order valence-corrected chi connectivity index (χ1v) is 6.80. The lowest BCUT2D eigenvalue weighted by atomic mass is 10.1. The van der Waals surface area contributed by atoms with Crippen molar-refractivity contribution in [2.45, 2.75) is 6.10 Å². The van der Waals surface area contributed by atoms with Crippen LogP contribution in [-0.4, -0.2) is 19.6 Å². The van der Waals surface area contributed by atoms with Crippen LogP contribution in [0, 0.1) is 5.82 Å². The van der Waals surface area contributed by atoms with Crippen LogP contribution in [0.3, 0.4) is 0 Å². The van der Waals surface area contributed by atoms with E-state index >= 15 is 0 Å². The van der Waals surface area contributed by atoms with Gasteiger partial charge < -0.3 is 10.1 Å². The molecule has 3 nitrogen and oxygen atoms in total. The highest BCUT2D eigenvalue weighted by molar-refractivity contribution is 6.30. The second kappa shape index (κ2) is 7.20. The summed E-state index contributed by atoms with van der Waals surface area (Å²) in [5, 5.41) is 3.25. The number of carbonyl (C=O) groups excluding carboxylic acids is 1. The first-order valence-electron chi connectivity index (χ1n) is 6.42.